The van der Waals surface area contributed by atoms with Gasteiger partial charge in [-0.3, -0.25) is 4.79 Å². The number of ether oxygens (including phenoxy) is 1. The summed E-state index contributed by atoms with van der Waals surface area (Å²) in [6.45, 7) is 1.74. The summed E-state index contributed by atoms with van der Waals surface area (Å²) < 4.78 is 5.76. The molecule has 0 saturated carbocycles. The second kappa shape index (κ2) is 11.0. The second-order valence-electron chi connectivity index (χ2n) is 6.42. The maximum atomic E-state index is 10.9. The van der Waals surface area contributed by atoms with Gasteiger partial charge in [0.15, 0.2) is 0 Å². The molecule has 0 spiro atoms. The van der Waals surface area contributed by atoms with Crippen LogP contribution in [0.1, 0.15) is 44.1 Å². The maximum Gasteiger partial charge on any atom is 0.245 e. The van der Waals surface area contributed by atoms with E-state index in [1.54, 1.807) is 0 Å². The number of hydrogen-bond acceptors (Lipinski definition) is 4. The molecule has 1 fully saturated rings. The Morgan fingerprint density at radius 1 is 1.29 bits per heavy atom. The Morgan fingerprint density at radius 2 is 2.17 bits per heavy atom. The summed E-state index contributed by atoms with van der Waals surface area (Å²) in [6, 6.07) is 8.86. The Bertz CT molecular complexity index is 485. The van der Waals surface area contributed by atoms with Gasteiger partial charge in [0, 0.05) is 12.6 Å². The van der Waals surface area contributed by atoms with Crippen molar-refractivity contribution in [3.63, 3.8) is 0 Å². The number of benzene rings is 1. The largest absolute Gasteiger partial charge is 0.494 e. The highest BCUT2D eigenvalue weighted by molar-refractivity contribution is 5.76. The fraction of sp³-hybridized carbons (Fsp3) is 0.632. The number of hydrogen-bond donors (Lipinski definition) is 3. The molecule has 2 rings (SSSR count). The van der Waals surface area contributed by atoms with Gasteiger partial charge in [0.1, 0.15) is 12.4 Å². The first kappa shape index (κ1) is 18.7. The van der Waals surface area contributed by atoms with E-state index in [4.69, 9.17) is 9.84 Å². The van der Waals surface area contributed by atoms with Crippen LogP contribution in [0, 0.1) is 0 Å². The third-order valence-electron chi connectivity index (χ3n) is 4.35. The zero-order valence-electron chi connectivity index (χ0n) is 14.4. The predicted molar refractivity (Wildman–Crippen MR) is 95.2 cm³/mol. The summed E-state index contributed by atoms with van der Waals surface area (Å²) in [6.07, 6.45) is 8.31. The van der Waals surface area contributed by atoms with E-state index in [0.29, 0.717) is 19.2 Å². The number of carbonyl (C=O) groups is 1. The number of aliphatic hydroxyl groups excluding tert-OH is 1. The average molecular weight is 334 g/mol. The van der Waals surface area contributed by atoms with Gasteiger partial charge in [-0.15, -0.1) is 0 Å². The molecule has 1 heterocycles. The molecule has 1 aromatic rings. The summed E-state index contributed by atoms with van der Waals surface area (Å²) in [5.74, 6) is 0.538. The molecule has 1 aliphatic heterocycles. The SMILES string of the molecule is O=C(CO)NCCCOc1cccc(CC2CCCCCCN2)c1. The van der Waals surface area contributed by atoms with Gasteiger partial charge in [0.2, 0.25) is 5.91 Å². The fourth-order valence-electron chi connectivity index (χ4n) is 3.04. The number of rotatable bonds is 8. The molecule has 1 saturated heterocycles. The molecule has 1 aliphatic rings. The maximum absolute atomic E-state index is 10.9. The summed E-state index contributed by atoms with van der Waals surface area (Å²) in [4.78, 5) is 10.9. The second-order valence-corrected chi connectivity index (χ2v) is 6.42. The van der Waals surface area contributed by atoms with E-state index < -0.39 is 6.61 Å². The molecule has 1 amide bonds. The van der Waals surface area contributed by atoms with Gasteiger partial charge in [0.25, 0.3) is 0 Å². The van der Waals surface area contributed by atoms with E-state index in [0.717, 1.165) is 25.1 Å². The van der Waals surface area contributed by atoms with Crippen LogP contribution < -0.4 is 15.4 Å². The van der Waals surface area contributed by atoms with Crippen LogP contribution in [-0.4, -0.2) is 43.4 Å². The molecule has 0 aromatic heterocycles. The van der Waals surface area contributed by atoms with Crippen LogP contribution in [0.4, 0.5) is 0 Å². The lowest BCUT2D eigenvalue weighted by molar-refractivity contribution is -0.123. The Kier molecular flexibility index (Phi) is 8.63. The Morgan fingerprint density at radius 3 is 3.04 bits per heavy atom. The Hall–Kier alpha value is -1.59. The van der Waals surface area contributed by atoms with Crippen molar-refractivity contribution < 1.29 is 14.6 Å². The number of amides is 1. The molecule has 5 nitrogen and oxygen atoms in total. The summed E-state index contributed by atoms with van der Waals surface area (Å²) >= 11 is 0. The zero-order chi connectivity index (χ0) is 17.0. The van der Waals surface area contributed by atoms with Gasteiger partial charge >= 0.3 is 0 Å². The lowest BCUT2D eigenvalue weighted by atomic mass is 9.98. The Labute approximate surface area is 144 Å². The van der Waals surface area contributed by atoms with Crippen LogP contribution in [0.5, 0.6) is 5.75 Å². The monoisotopic (exact) mass is 334 g/mol. The molecule has 24 heavy (non-hydrogen) atoms. The van der Waals surface area contributed by atoms with E-state index in [9.17, 15) is 4.79 Å². The van der Waals surface area contributed by atoms with Gasteiger partial charge in [-0.05, 0) is 49.9 Å². The minimum absolute atomic E-state index is 0.344. The predicted octanol–water partition coefficient (Wildman–Crippen LogP) is 2.03. The first-order valence-corrected chi connectivity index (χ1v) is 9.10. The van der Waals surface area contributed by atoms with Crippen molar-refractivity contribution in [2.45, 2.75) is 51.0 Å². The topological polar surface area (TPSA) is 70.6 Å². The molecule has 1 unspecified atom stereocenters. The first-order chi connectivity index (χ1) is 11.8. The van der Waals surface area contributed by atoms with Gasteiger partial charge in [-0.25, -0.2) is 0 Å². The zero-order valence-corrected chi connectivity index (χ0v) is 14.4. The highest BCUT2D eigenvalue weighted by Crippen LogP contribution is 2.18. The molecule has 5 heteroatoms. The molecule has 134 valence electrons. The van der Waals surface area contributed by atoms with Crippen molar-refractivity contribution in [3.05, 3.63) is 29.8 Å². The van der Waals surface area contributed by atoms with Crippen molar-refractivity contribution in [3.8, 4) is 5.75 Å². The van der Waals surface area contributed by atoms with Crippen LogP contribution in [0.25, 0.3) is 0 Å². The van der Waals surface area contributed by atoms with Crippen LogP contribution >= 0.6 is 0 Å². The van der Waals surface area contributed by atoms with Crippen LogP contribution in [0.3, 0.4) is 0 Å². The van der Waals surface area contributed by atoms with E-state index >= 15 is 0 Å². The van der Waals surface area contributed by atoms with Crippen molar-refractivity contribution in [1.29, 1.82) is 0 Å². The van der Waals surface area contributed by atoms with Gasteiger partial charge in [-0.2, -0.15) is 0 Å². The van der Waals surface area contributed by atoms with Crippen molar-refractivity contribution in [1.82, 2.24) is 10.6 Å². The van der Waals surface area contributed by atoms with E-state index in [-0.39, 0.29) is 5.91 Å². The quantitative estimate of drug-likeness (QED) is 0.636. The van der Waals surface area contributed by atoms with Gasteiger partial charge in [-0.1, -0.05) is 31.4 Å². The lowest BCUT2D eigenvalue weighted by Gasteiger charge is -2.21. The minimum atomic E-state index is -0.460. The van der Waals surface area contributed by atoms with Gasteiger partial charge in [0.05, 0.1) is 6.61 Å². The molecule has 0 bridgehead atoms. The van der Waals surface area contributed by atoms with Crippen molar-refractivity contribution in [2.75, 3.05) is 26.3 Å². The highest BCUT2D eigenvalue weighted by atomic mass is 16.5. The van der Waals surface area contributed by atoms with E-state index in [1.165, 1.54) is 37.7 Å². The van der Waals surface area contributed by atoms with E-state index in [1.807, 2.05) is 12.1 Å². The number of aliphatic hydroxyl groups is 1. The third-order valence-corrected chi connectivity index (χ3v) is 4.35. The van der Waals surface area contributed by atoms with Crippen LogP contribution in [0.2, 0.25) is 0 Å². The highest BCUT2D eigenvalue weighted by Gasteiger charge is 2.11. The summed E-state index contributed by atoms with van der Waals surface area (Å²) in [5.41, 5.74) is 1.30. The first-order valence-electron chi connectivity index (χ1n) is 9.10. The molecular formula is C19H30N2O3. The normalized spacial score (nSPS) is 18.5. The van der Waals surface area contributed by atoms with Crippen molar-refractivity contribution in [2.24, 2.45) is 0 Å². The lowest BCUT2D eigenvalue weighted by Crippen LogP contribution is -2.33. The van der Waals surface area contributed by atoms with Crippen LogP contribution in [-0.2, 0) is 11.2 Å². The smallest absolute Gasteiger partial charge is 0.245 e. The minimum Gasteiger partial charge on any atom is -0.494 e. The Balaban J connectivity index is 1.73. The third kappa shape index (κ3) is 7.32. The number of nitrogens with one attached hydrogen (secondary N) is 2. The molecule has 3 N–H and O–H groups in total. The summed E-state index contributed by atoms with van der Waals surface area (Å²) in [7, 11) is 0. The molecule has 1 aromatic carbocycles. The van der Waals surface area contributed by atoms with Crippen molar-refractivity contribution >= 4 is 5.91 Å². The van der Waals surface area contributed by atoms with Gasteiger partial charge < -0.3 is 20.5 Å². The molecular weight excluding hydrogens is 304 g/mol. The van der Waals surface area contributed by atoms with Crippen LogP contribution in [0.15, 0.2) is 24.3 Å². The van der Waals surface area contributed by atoms with E-state index in [2.05, 4.69) is 22.8 Å². The number of carbonyl (C=O) groups excluding carboxylic acids is 1. The molecule has 0 aliphatic carbocycles. The summed E-state index contributed by atoms with van der Waals surface area (Å²) in [5, 5.41) is 14.9. The average Bonchev–Trinajstić information content (AvgIpc) is 2.57. The molecule has 0 radical (unpaired) electrons. The molecule has 1 atom stereocenters. The standard InChI is InChI=1S/C19H30N2O3/c22-15-19(23)21-11-6-12-24-18-9-5-7-16(14-18)13-17-8-3-1-2-4-10-20-17/h5,7,9,14,17,20,22H,1-4,6,8,10-13,15H2,(H,21,23). The fourth-order valence-corrected chi connectivity index (χ4v) is 3.04.